The normalized spacial score (nSPS) is 12.3. The molecule has 0 spiro atoms. The van der Waals surface area contributed by atoms with E-state index in [0.717, 1.165) is 25.1 Å². The van der Waals surface area contributed by atoms with Crippen LogP contribution in [-0.2, 0) is 20.6 Å². The highest BCUT2D eigenvalue weighted by Crippen LogP contribution is 2.31. The van der Waals surface area contributed by atoms with Crippen LogP contribution in [0, 0.1) is 0 Å². The van der Waals surface area contributed by atoms with Crippen molar-refractivity contribution >= 4 is 17.8 Å². The van der Waals surface area contributed by atoms with E-state index in [4.69, 9.17) is 15.1 Å². The fourth-order valence-electron chi connectivity index (χ4n) is 1.79. The maximum Gasteiger partial charge on any atom is 0.416 e. The average molecular weight is 349 g/mol. The fourth-order valence-corrected chi connectivity index (χ4v) is 1.79. The number of nitrogens with zero attached hydrogens (tertiary/aromatic N) is 1. The van der Waals surface area contributed by atoms with Crippen molar-refractivity contribution in [2.75, 3.05) is 0 Å². The van der Waals surface area contributed by atoms with Gasteiger partial charge in [0.05, 0.1) is 5.56 Å². The van der Waals surface area contributed by atoms with E-state index < -0.39 is 54.2 Å². The van der Waals surface area contributed by atoms with Gasteiger partial charge in [-0.2, -0.15) is 18.2 Å². The summed E-state index contributed by atoms with van der Waals surface area (Å²) in [4.78, 5) is 38.4. The van der Waals surface area contributed by atoms with Gasteiger partial charge in [-0.25, -0.2) is 4.79 Å². The number of carbonyl (C=O) groups excluding carboxylic acids is 1. The molecule has 0 bridgehead atoms. The minimum Gasteiger partial charge on any atom is -0.481 e. The third kappa shape index (κ3) is 5.45. The van der Waals surface area contributed by atoms with E-state index in [9.17, 15) is 27.6 Å². The summed E-state index contributed by atoms with van der Waals surface area (Å²) in [5.74, 6) is -4.13. The number of rotatable bonds is 7. The van der Waals surface area contributed by atoms with Crippen molar-refractivity contribution < 1.29 is 42.6 Å². The number of hydrogen-bond acceptors (Lipinski definition) is 4. The number of hydrogen-bond donors (Lipinski definition) is 2. The summed E-state index contributed by atoms with van der Waals surface area (Å²) in [6.07, 6.45) is -5.67. The molecule has 10 heteroatoms. The largest absolute Gasteiger partial charge is 0.481 e. The van der Waals surface area contributed by atoms with E-state index >= 15 is 0 Å². The zero-order valence-corrected chi connectivity index (χ0v) is 12.4. The first-order valence-electron chi connectivity index (χ1n) is 6.62. The molecule has 0 aliphatic heterocycles. The standard InChI is InChI=1S/C14H14F3NO6/c1-8(19)18(11(13(22)23)5-6-12(20)21)24-10-4-2-3-9(7-10)14(15,16)17/h2-4,7,11H,5-6H2,1H3,(H,20,21)(H,22,23)/t11-/m0/s1. The third-order valence-electron chi connectivity index (χ3n) is 2.88. The van der Waals surface area contributed by atoms with Gasteiger partial charge in [-0.05, 0) is 24.6 Å². The summed E-state index contributed by atoms with van der Waals surface area (Å²) in [6, 6.07) is 1.87. The lowest BCUT2D eigenvalue weighted by atomic mass is 10.1. The predicted octanol–water partition coefficient (Wildman–Crippen LogP) is 2.17. The van der Waals surface area contributed by atoms with Crippen LogP contribution in [0.25, 0.3) is 0 Å². The average Bonchev–Trinajstić information content (AvgIpc) is 2.44. The molecule has 1 amide bonds. The van der Waals surface area contributed by atoms with Crippen LogP contribution in [0.15, 0.2) is 24.3 Å². The first-order valence-corrected chi connectivity index (χ1v) is 6.62. The second kappa shape index (κ2) is 7.66. The van der Waals surface area contributed by atoms with Crippen LogP contribution in [0.5, 0.6) is 5.75 Å². The number of alkyl halides is 3. The number of hydroxylamine groups is 2. The lowest BCUT2D eigenvalue weighted by Gasteiger charge is -2.27. The van der Waals surface area contributed by atoms with Gasteiger partial charge >= 0.3 is 18.1 Å². The van der Waals surface area contributed by atoms with Crippen LogP contribution < -0.4 is 4.84 Å². The van der Waals surface area contributed by atoms with Crippen molar-refractivity contribution in [1.29, 1.82) is 0 Å². The summed E-state index contributed by atoms with van der Waals surface area (Å²) in [5.41, 5.74) is -1.04. The van der Waals surface area contributed by atoms with Crippen LogP contribution in [0.3, 0.4) is 0 Å². The highest BCUT2D eigenvalue weighted by Gasteiger charge is 2.33. The van der Waals surface area contributed by atoms with Crippen molar-refractivity contribution in [2.24, 2.45) is 0 Å². The highest BCUT2D eigenvalue weighted by molar-refractivity contribution is 5.82. The van der Waals surface area contributed by atoms with Crippen molar-refractivity contribution in [1.82, 2.24) is 5.06 Å². The number of carbonyl (C=O) groups is 3. The monoisotopic (exact) mass is 349 g/mol. The molecule has 1 rings (SSSR count). The molecule has 0 unspecified atom stereocenters. The molecule has 0 aliphatic carbocycles. The Hall–Kier alpha value is -2.78. The van der Waals surface area contributed by atoms with Crippen LogP contribution in [-0.4, -0.2) is 39.2 Å². The molecule has 132 valence electrons. The van der Waals surface area contributed by atoms with Gasteiger partial charge in [0.25, 0.3) is 5.91 Å². The van der Waals surface area contributed by atoms with Gasteiger partial charge in [-0.3, -0.25) is 9.59 Å². The Morgan fingerprint density at radius 3 is 2.33 bits per heavy atom. The number of benzene rings is 1. The van der Waals surface area contributed by atoms with Crippen LogP contribution in [0.4, 0.5) is 13.2 Å². The number of aliphatic carboxylic acids is 2. The summed E-state index contributed by atoms with van der Waals surface area (Å²) in [5, 5.41) is 18.1. The van der Waals surface area contributed by atoms with Crippen molar-refractivity contribution in [2.45, 2.75) is 32.0 Å². The molecular formula is C14H14F3NO6. The number of halogens is 3. The van der Waals surface area contributed by atoms with Gasteiger partial charge in [0.15, 0.2) is 11.8 Å². The smallest absolute Gasteiger partial charge is 0.416 e. The molecule has 0 heterocycles. The lowest BCUT2D eigenvalue weighted by Crippen LogP contribution is -2.46. The number of amides is 1. The predicted molar refractivity (Wildman–Crippen MR) is 72.9 cm³/mol. The summed E-state index contributed by atoms with van der Waals surface area (Å²) < 4.78 is 38.0. The Kier molecular flexibility index (Phi) is 6.15. The highest BCUT2D eigenvalue weighted by atomic mass is 19.4. The molecule has 0 saturated heterocycles. The van der Waals surface area contributed by atoms with Crippen LogP contribution in [0.1, 0.15) is 25.3 Å². The molecule has 0 radical (unpaired) electrons. The molecule has 1 atom stereocenters. The molecule has 0 fully saturated rings. The zero-order chi connectivity index (χ0) is 18.5. The Morgan fingerprint density at radius 2 is 1.88 bits per heavy atom. The van der Waals surface area contributed by atoms with E-state index in [2.05, 4.69) is 0 Å². The van der Waals surface area contributed by atoms with Crippen molar-refractivity contribution in [3.63, 3.8) is 0 Å². The first-order chi connectivity index (χ1) is 11.0. The van der Waals surface area contributed by atoms with Crippen LogP contribution in [0.2, 0.25) is 0 Å². The molecular weight excluding hydrogens is 335 g/mol. The SMILES string of the molecule is CC(=O)N(Oc1cccc(C(F)(F)F)c1)[C@@H](CCC(=O)O)C(=O)O. The third-order valence-corrected chi connectivity index (χ3v) is 2.88. The van der Waals surface area contributed by atoms with E-state index in [0.29, 0.717) is 11.1 Å². The van der Waals surface area contributed by atoms with Crippen LogP contribution >= 0.6 is 0 Å². The van der Waals surface area contributed by atoms with Gasteiger partial charge in [-0.1, -0.05) is 6.07 Å². The Morgan fingerprint density at radius 1 is 1.25 bits per heavy atom. The molecule has 7 nitrogen and oxygen atoms in total. The number of carboxylic acids is 2. The molecule has 0 aliphatic rings. The molecule has 1 aromatic rings. The summed E-state index contributed by atoms with van der Waals surface area (Å²) >= 11 is 0. The zero-order valence-electron chi connectivity index (χ0n) is 12.4. The number of carboxylic acid groups (broad SMARTS) is 2. The summed E-state index contributed by atoms with van der Waals surface area (Å²) in [7, 11) is 0. The van der Waals surface area contributed by atoms with E-state index in [1.54, 1.807) is 0 Å². The molecule has 2 N–H and O–H groups in total. The Bertz CT molecular complexity index is 631. The molecule has 0 aromatic heterocycles. The quantitative estimate of drug-likeness (QED) is 0.731. The second-order valence-electron chi connectivity index (χ2n) is 4.75. The summed E-state index contributed by atoms with van der Waals surface area (Å²) in [6.45, 7) is 0.949. The Balaban J connectivity index is 3.06. The van der Waals surface area contributed by atoms with E-state index in [1.807, 2.05) is 0 Å². The van der Waals surface area contributed by atoms with Gasteiger partial charge in [0.2, 0.25) is 0 Å². The van der Waals surface area contributed by atoms with Crippen molar-refractivity contribution in [3.8, 4) is 5.75 Å². The molecule has 24 heavy (non-hydrogen) atoms. The van der Waals surface area contributed by atoms with Crippen molar-refractivity contribution in [3.05, 3.63) is 29.8 Å². The molecule has 1 aromatic carbocycles. The maximum atomic E-state index is 12.7. The van der Waals surface area contributed by atoms with E-state index in [-0.39, 0.29) is 0 Å². The van der Waals surface area contributed by atoms with Gasteiger partial charge in [0, 0.05) is 13.3 Å². The topological polar surface area (TPSA) is 104 Å². The van der Waals surface area contributed by atoms with Gasteiger partial charge in [-0.15, -0.1) is 0 Å². The molecule has 0 saturated carbocycles. The first kappa shape index (κ1) is 19.3. The van der Waals surface area contributed by atoms with E-state index in [1.165, 1.54) is 0 Å². The second-order valence-corrected chi connectivity index (χ2v) is 4.75. The lowest BCUT2D eigenvalue weighted by molar-refractivity contribution is -0.177. The Labute approximate surface area is 134 Å². The van der Waals surface area contributed by atoms with Gasteiger partial charge in [0.1, 0.15) is 0 Å². The van der Waals surface area contributed by atoms with Gasteiger partial charge < -0.3 is 15.1 Å². The minimum absolute atomic E-state index is 0.348. The minimum atomic E-state index is -4.64. The fraction of sp³-hybridized carbons (Fsp3) is 0.357. The maximum absolute atomic E-state index is 12.7.